The normalized spacial score (nSPS) is 16.2. The van der Waals surface area contributed by atoms with E-state index in [0.717, 1.165) is 29.9 Å². The molecule has 0 aliphatic carbocycles. The lowest BCUT2D eigenvalue weighted by atomic mass is 9.92. The average Bonchev–Trinajstić information content (AvgIpc) is 3.18. The van der Waals surface area contributed by atoms with Crippen LogP contribution in [0.4, 0.5) is 0 Å². The van der Waals surface area contributed by atoms with E-state index in [0.29, 0.717) is 55.7 Å². The number of nitrogens with zero attached hydrogens (tertiary/aromatic N) is 3. The highest BCUT2D eigenvalue weighted by Crippen LogP contribution is 2.35. The van der Waals surface area contributed by atoms with E-state index < -0.39 is 0 Å². The highest BCUT2D eigenvalue weighted by Gasteiger charge is 2.29. The molecule has 0 spiro atoms. The first-order valence-corrected chi connectivity index (χ1v) is 11.0. The monoisotopic (exact) mass is 434 g/mol. The molecule has 8 nitrogen and oxygen atoms in total. The van der Waals surface area contributed by atoms with Crippen LogP contribution in [0.25, 0.3) is 5.69 Å². The molecule has 0 saturated carbocycles. The molecule has 0 radical (unpaired) electrons. The maximum Gasteiger partial charge on any atom is 0.347 e. The number of carbonyl (C=O) groups is 1. The van der Waals surface area contributed by atoms with Gasteiger partial charge in [0.05, 0.1) is 11.3 Å². The van der Waals surface area contributed by atoms with Crippen LogP contribution < -0.4 is 15.2 Å². The summed E-state index contributed by atoms with van der Waals surface area (Å²) in [4.78, 5) is 27.4. The molecule has 0 bridgehead atoms. The second-order valence-corrected chi connectivity index (χ2v) is 8.34. The highest BCUT2D eigenvalue weighted by atomic mass is 16.6. The molecule has 0 atom stereocenters. The molecule has 5 rings (SSSR count). The molecule has 8 heteroatoms. The Labute approximate surface area is 185 Å². The number of amides is 1. The van der Waals surface area contributed by atoms with Crippen LogP contribution in [0.1, 0.15) is 34.6 Å². The topological polar surface area (TPSA) is 89.4 Å². The van der Waals surface area contributed by atoms with Crippen molar-refractivity contribution < 1.29 is 14.3 Å². The van der Waals surface area contributed by atoms with Crippen molar-refractivity contribution in [1.82, 2.24) is 19.7 Å². The van der Waals surface area contributed by atoms with Gasteiger partial charge in [-0.25, -0.2) is 14.5 Å². The van der Waals surface area contributed by atoms with Crippen molar-refractivity contribution in [3.05, 3.63) is 69.9 Å². The standard InChI is InChI=1S/C24H26N4O4/c1-16-5-2-3-7-19(16)28-21(25-26-24(28)30)15-17-9-11-27(12-10-17)23(29)18-6-4-8-20-22(18)32-14-13-31-20/h2-8,17H,9-15H2,1H3,(H,26,30). The molecule has 3 heterocycles. The van der Waals surface area contributed by atoms with E-state index >= 15 is 0 Å². The molecule has 2 aromatic carbocycles. The largest absolute Gasteiger partial charge is 0.486 e. The van der Waals surface area contributed by atoms with E-state index in [1.54, 1.807) is 10.6 Å². The predicted molar refractivity (Wildman–Crippen MR) is 119 cm³/mol. The van der Waals surface area contributed by atoms with E-state index in [9.17, 15) is 9.59 Å². The molecular formula is C24H26N4O4. The average molecular weight is 434 g/mol. The van der Waals surface area contributed by atoms with Crippen LogP contribution in [0.2, 0.25) is 0 Å². The Morgan fingerprint density at radius 3 is 2.69 bits per heavy atom. The Bertz CT molecular complexity index is 1190. The number of rotatable bonds is 4. The van der Waals surface area contributed by atoms with Gasteiger partial charge in [0.25, 0.3) is 5.91 Å². The summed E-state index contributed by atoms with van der Waals surface area (Å²) in [6.07, 6.45) is 2.40. The lowest BCUT2D eigenvalue weighted by molar-refractivity contribution is 0.0679. The molecule has 1 fully saturated rings. The first-order chi connectivity index (χ1) is 15.6. The fourth-order valence-electron chi connectivity index (χ4n) is 4.54. The summed E-state index contributed by atoms with van der Waals surface area (Å²) >= 11 is 0. The van der Waals surface area contributed by atoms with Crippen molar-refractivity contribution in [3.63, 3.8) is 0 Å². The summed E-state index contributed by atoms with van der Waals surface area (Å²) in [6, 6.07) is 13.3. The third kappa shape index (κ3) is 3.77. The Kier molecular flexibility index (Phi) is 5.43. The molecule has 32 heavy (non-hydrogen) atoms. The molecule has 1 saturated heterocycles. The summed E-state index contributed by atoms with van der Waals surface area (Å²) in [5.74, 6) is 2.23. The van der Waals surface area contributed by atoms with Crippen LogP contribution in [0.15, 0.2) is 47.3 Å². The first kappa shape index (κ1) is 20.4. The third-order valence-electron chi connectivity index (χ3n) is 6.27. The van der Waals surface area contributed by atoms with Crippen molar-refractivity contribution in [3.8, 4) is 17.2 Å². The van der Waals surface area contributed by atoms with Crippen molar-refractivity contribution >= 4 is 5.91 Å². The molecule has 166 valence electrons. The SMILES string of the molecule is Cc1ccccc1-n1c(CC2CCN(C(=O)c3cccc4c3OCCO4)CC2)n[nH]c1=O. The van der Waals surface area contributed by atoms with E-state index in [4.69, 9.17) is 9.47 Å². The number of carbonyl (C=O) groups excluding carboxylic acids is 1. The number of piperidine rings is 1. The van der Waals surface area contributed by atoms with E-state index in [2.05, 4.69) is 10.2 Å². The minimum atomic E-state index is -0.224. The summed E-state index contributed by atoms with van der Waals surface area (Å²) in [5, 5.41) is 6.89. The van der Waals surface area contributed by atoms with Gasteiger partial charge in [-0.1, -0.05) is 24.3 Å². The number of para-hydroxylation sites is 2. The Morgan fingerprint density at radius 1 is 1.09 bits per heavy atom. The van der Waals surface area contributed by atoms with Crippen molar-refractivity contribution in [1.29, 1.82) is 0 Å². The maximum absolute atomic E-state index is 13.1. The van der Waals surface area contributed by atoms with Gasteiger partial charge in [-0.2, -0.15) is 5.10 Å². The number of ether oxygens (including phenoxy) is 2. The van der Waals surface area contributed by atoms with Gasteiger partial charge in [-0.3, -0.25) is 4.79 Å². The lowest BCUT2D eigenvalue weighted by Crippen LogP contribution is -2.39. The second-order valence-electron chi connectivity index (χ2n) is 8.34. The number of hydrogen-bond donors (Lipinski definition) is 1. The Balaban J connectivity index is 1.27. The smallest absolute Gasteiger partial charge is 0.347 e. The number of benzene rings is 2. The fraction of sp³-hybridized carbons (Fsp3) is 0.375. The first-order valence-electron chi connectivity index (χ1n) is 11.0. The van der Waals surface area contributed by atoms with Gasteiger partial charge < -0.3 is 14.4 Å². The zero-order chi connectivity index (χ0) is 22.1. The molecule has 2 aliphatic heterocycles. The number of likely N-dealkylation sites (tertiary alicyclic amines) is 1. The fourth-order valence-corrected chi connectivity index (χ4v) is 4.54. The molecule has 2 aliphatic rings. The van der Waals surface area contributed by atoms with Crippen LogP contribution in [0.5, 0.6) is 11.5 Å². The van der Waals surface area contributed by atoms with Gasteiger partial charge in [0.1, 0.15) is 19.0 Å². The molecule has 0 unspecified atom stereocenters. The zero-order valence-corrected chi connectivity index (χ0v) is 18.0. The zero-order valence-electron chi connectivity index (χ0n) is 18.0. The van der Waals surface area contributed by atoms with Gasteiger partial charge in [-0.05, 0) is 49.4 Å². The molecule has 1 N–H and O–H groups in total. The number of fused-ring (bicyclic) bond motifs is 1. The van der Waals surface area contributed by atoms with Crippen LogP contribution in [0.3, 0.4) is 0 Å². The number of aromatic amines is 1. The predicted octanol–water partition coefficient (Wildman–Crippen LogP) is 2.74. The minimum Gasteiger partial charge on any atom is -0.486 e. The van der Waals surface area contributed by atoms with Crippen molar-refractivity contribution in [2.75, 3.05) is 26.3 Å². The van der Waals surface area contributed by atoms with Crippen LogP contribution in [-0.2, 0) is 6.42 Å². The van der Waals surface area contributed by atoms with Gasteiger partial charge in [0.15, 0.2) is 11.5 Å². The van der Waals surface area contributed by atoms with Gasteiger partial charge in [0, 0.05) is 19.5 Å². The quantitative estimate of drug-likeness (QED) is 0.682. The summed E-state index contributed by atoms with van der Waals surface area (Å²) in [5.41, 5.74) is 2.21. The molecule has 1 aromatic heterocycles. The number of hydrogen-bond acceptors (Lipinski definition) is 5. The van der Waals surface area contributed by atoms with E-state index in [1.165, 1.54) is 0 Å². The minimum absolute atomic E-state index is 0.0256. The number of aryl methyl sites for hydroxylation is 1. The molecular weight excluding hydrogens is 408 g/mol. The summed E-state index contributed by atoms with van der Waals surface area (Å²) in [6.45, 7) is 4.25. The molecule has 1 amide bonds. The summed E-state index contributed by atoms with van der Waals surface area (Å²) < 4.78 is 13.0. The van der Waals surface area contributed by atoms with Crippen LogP contribution in [0, 0.1) is 12.8 Å². The lowest BCUT2D eigenvalue weighted by Gasteiger charge is -2.32. The summed E-state index contributed by atoms with van der Waals surface area (Å²) in [7, 11) is 0. The number of H-pyrrole nitrogens is 1. The van der Waals surface area contributed by atoms with E-state index in [1.807, 2.05) is 48.2 Å². The Morgan fingerprint density at radius 2 is 1.88 bits per heavy atom. The third-order valence-corrected chi connectivity index (χ3v) is 6.27. The van der Waals surface area contributed by atoms with Gasteiger partial charge in [-0.15, -0.1) is 0 Å². The number of nitrogens with one attached hydrogen (secondary N) is 1. The Hall–Kier alpha value is -3.55. The maximum atomic E-state index is 13.1. The number of aromatic nitrogens is 3. The second kappa shape index (κ2) is 8.53. The van der Waals surface area contributed by atoms with Crippen LogP contribution in [-0.4, -0.2) is 51.9 Å². The van der Waals surface area contributed by atoms with Crippen LogP contribution >= 0.6 is 0 Å². The highest BCUT2D eigenvalue weighted by molar-refractivity contribution is 5.98. The van der Waals surface area contributed by atoms with Crippen molar-refractivity contribution in [2.45, 2.75) is 26.2 Å². The molecule has 3 aromatic rings. The van der Waals surface area contributed by atoms with Gasteiger partial charge in [0.2, 0.25) is 0 Å². The van der Waals surface area contributed by atoms with Crippen molar-refractivity contribution in [2.24, 2.45) is 5.92 Å². The van der Waals surface area contributed by atoms with E-state index in [-0.39, 0.29) is 11.6 Å². The van der Waals surface area contributed by atoms with Gasteiger partial charge >= 0.3 is 5.69 Å².